The van der Waals surface area contributed by atoms with Crippen LogP contribution in [-0.4, -0.2) is 42.1 Å². The van der Waals surface area contributed by atoms with Gasteiger partial charge in [0.05, 0.1) is 24.7 Å². The van der Waals surface area contributed by atoms with Gasteiger partial charge in [-0.2, -0.15) is 5.26 Å². The van der Waals surface area contributed by atoms with Crippen LogP contribution in [0.15, 0.2) is 24.3 Å². The van der Waals surface area contributed by atoms with Crippen molar-refractivity contribution in [1.82, 2.24) is 0 Å². The number of rotatable bonds is 3. The Kier molecular flexibility index (Phi) is 3.73. The number of ether oxygens (including phenoxy) is 3. The second-order valence-electron chi connectivity index (χ2n) is 5.57. The third-order valence-corrected chi connectivity index (χ3v) is 4.41. The monoisotopic (exact) mass is 313 g/mol. The Morgan fingerprint density at radius 2 is 2.17 bits per heavy atom. The third kappa shape index (κ3) is 2.24. The lowest BCUT2D eigenvalue weighted by Gasteiger charge is -2.30. The predicted molar refractivity (Wildman–Crippen MR) is 78.3 cm³/mol. The summed E-state index contributed by atoms with van der Waals surface area (Å²) in [7, 11) is 0. The van der Waals surface area contributed by atoms with Crippen LogP contribution in [0, 0.1) is 29.6 Å². The normalized spacial score (nSPS) is 31.8. The number of benzene rings is 1. The highest BCUT2D eigenvalue weighted by molar-refractivity contribution is 5.89. The van der Waals surface area contributed by atoms with E-state index in [1.54, 1.807) is 0 Å². The molecule has 23 heavy (non-hydrogen) atoms. The molecule has 2 aliphatic rings. The minimum absolute atomic E-state index is 0.0311. The van der Waals surface area contributed by atoms with E-state index in [1.165, 1.54) is 24.3 Å². The second-order valence-corrected chi connectivity index (χ2v) is 5.57. The van der Waals surface area contributed by atoms with Crippen molar-refractivity contribution in [2.24, 2.45) is 5.92 Å². The van der Waals surface area contributed by atoms with E-state index in [4.69, 9.17) is 20.6 Å². The van der Waals surface area contributed by atoms with Gasteiger partial charge in [0.25, 0.3) is 0 Å². The molecular weight excluding hydrogens is 298 g/mol. The molecule has 3 atom stereocenters. The molecule has 0 aliphatic carbocycles. The second kappa shape index (κ2) is 5.58. The molecule has 2 aliphatic heterocycles. The van der Waals surface area contributed by atoms with Crippen LogP contribution in [0.4, 0.5) is 0 Å². The molecule has 2 saturated heterocycles. The van der Waals surface area contributed by atoms with Gasteiger partial charge >= 0.3 is 5.97 Å². The number of terminal acetylenes is 1. The third-order valence-electron chi connectivity index (χ3n) is 4.41. The van der Waals surface area contributed by atoms with Gasteiger partial charge in [0.2, 0.25) is 5.60 Å². The first-order valence-electron chi connectivity index (χ1n) is 7.20. The minimum atomic E-state index is -1.28. The van der Waals surface area contributed by atoms with Gasteiger partial charge in [-0.05, 0) is 24.3 Å². The Morgan fingerprint density at radius 3 is 2.83 bits per heavy atom. The summed E-state index contributed by atoms with van der Waals surface area (Å²) in [5.74, 6) is 1.61. The van der Waals surface area contributed by atoms with E-state index < -0.39 is 23.1 Å². The van der Waals surface area contributed by atoms with E-state index in [9.17, 15) is 15.2 Å². The van der Waals surface area contributed by atoms with Crippen molar-refractivity contribution in [3.8, 4) is 24.2 Å². The van der Waals surface area contributed by atoms with Gasteiger partial charge < -0.3 is 19.3 Å². The van der Waals surface area contributed by atoms with Crippen LogP contribution >= 0.6 is 0 Å². The number of aromatic hydroxyl groups is 1. The highest BCUT2D eigenvalue weighted by Gasteiger charge is 2.66. The van der Waals surface area contributed by atoms with Crippen LogP contribution < -0.4 is 0 Å². The van der Waals surface area contributed by atoms with Crippen LogP contribution in [0.3, 0.4) is 0 Å². The van der Waals surface area contributed by atoms with Gasteiger partial charge in [-0.25, -0.2) is 4.79 Å². The van der Waals surface area contributed by atoms with Crippen molar-refractivity contribution < 1.29 is 24.1 Å². The van der Waals surface area contributed by atoms with Gasteiger partial charge in [0.1, 0.15) is 18.4 Å². The molecule has 0 amide bonds. The molecule has 0 saturated carbocycles. The maximum Gasteiger partial charge on any atom is 0.338 e. The predicted octanol–water partition coefficient (Wildman–Crippen LogP) is 1.25. The van der Waals surface area contributed by atoms with E-state index in [0.29, 0.717) is 18.6 Å². The molecule has 0 aromatic heterocycles. The van der Waals surface area contributed by atoms with Gasteiger partial charge in [-0.15, -0.1) is 6.42 Å². The Balaban J connectivity index is 1.72. The van der Waals surface area contributed by atoms with Crippen molar-refractivity contribution >= 4 is 5.97 Å². The molecule has 118 valence electrons. The summed E-state index contributed by atoms with van der Waals surface area (Å²) in [6, 6.07) is 7.85. The molecule has 1 aromatic carbocycles. The fourth-order valence-corrected chi connectivity index (χ4v) is 3.10. The highest BCUT2D eigenvalue weighted by Crippen LogP contribution is 2.49. The van der Waals surface area contributed by atoms with Crippen molar-refractivity contribution in [2.45, 2.75) is 17.6 Å². The van der Waals surface area contributed by atoms with E-state index in [1.807, 2.05) is 0 Å². The number of esters is 1. The zero-order valence-electron chi connectivity index (χ0n) is 12.3. The topological polar surface area (TPSA) is 88.8 Å². The number of fused-ring (bicyclic) bond motifs is 1. The van der Waals surface area contributed by atoms with Crippen LogP contribution in [0.25, 0.3) is 0 Å². The molecule has 6 nitrogen and oxygen atoms in total. The maximum atomic E-state index is 12.0. The maximum absolute atomic E-state index is 12.0. The molecule has 3 rings (SSSR count). The van der Waals surface area contributed by atoms with Crippen LogP contribution in [-0.2, 0) is 14.2 Å². The summed E-state index contributed by atoms with van der Waals surface area (Å²) in [6.07, 6.45) is 6.00. The molecule has 2 fully saturated rings. The quantitative estimate of drug-likeness (QED) is 0.667. The lowest BCUT2D eigenvalue weighted by Crippen LogP contribution is -2.50. The van der Waals surface area contributed by atoms with Crippen LogP contribution in [0.5, 0.6) is 5.75 Å². The van der Waals surface area contributed by atoms with Gasteiger partial charge in [0, 0.05) is 6.42 Å². The molecule has 0 radical (unpaired) electrons. The molecule has 0 spiro atoms. The number of phenols is 1. The van der Waals surface area contributed by atoms with E-state index in [-0.39, 0.29) is 19.0 Å². The number of phenolic OH excluding ortho intramolecular Hbond substituents is 1. The number of nitriles is 1. The SMILES string of the molecule is C#C[C@@]12CCO[C@]1(C#N)[C@H](COC(=O)c1ccc(O)cc1)CO2. The lowest BCUT2D eigenvalue weighted by atomic mass is 9.78. The van der Waals surface area contributed by atoms with Gasteiger partial charge in [-0.3, -0.25) is 0 Å². The zero-order valence-corrected chi connectivity index (χ0v) is 12.3. The lowest BCUT2D eigenvalue weighted by molar-refractivity contribution is -0.0372. The molecule has 1 N–H and O–H groups in total. The molecule has 6 heteroatoms. The molecule has 0 bridgehead atoms. The average molecular weight is 313 g/mol. The fourth-order valence-electron chi connectivity index (χ4n) is 3.10. The smallest absolute Gasteiger partial charge is 0.338 e. The van der Waals surface area contributed by atoms with Crippen LogP contribution in [0.1, 0.15) is 16.8 Å². The standard InChI is InChI=1S/C17H15NO5/c1-2-16-7-8-22-17(16,11-18)13(10-23-16)9-21-15(20)12-3-5-14(19)6-4-12/h1,3-6,13,19H,7-10H2/t13-,16-,17-/m1/s1. The summed E-state index contributed by atoms with van der Waals surface area (Å²) < 4.78 is 16.6. The number of hydrogen-bond acceptors (Lipinski definition) is 6. The first-order chi connectivity index (χ1) is 11.1. The molecule has 1 aromatic rings. The molecule has 0 unspecified atom stereocenters. The van der Waals surface area contributed by atoms with Crippen molar-refractivity contribution in [3.05, 3.63) is 29.8 Å². The van der Waals surface area contributed by atoms with Crippen molar-refractivity contribution in [2.75, 3.05) is 19.8 Å². The fraction of sp³-hybridized carbons (Fsp3) is 0.412. The Labute approximate surface area is 133 Å². The van der Waals surface area contributed by atoms with Gasteiger partial charge in [-0.1, -0.05) is 5.92 Å². The van der Waals surface area contributed by atoms with Crippen molar-refractivity contribution in [3.63, 3.8) is 0 Å². The Morgan fingerprint density at radius 1 is 1.43 bits per heavy atom. The molecule has 2 heterocycles. The Hall–Kier alpha value is -2.54. The summed E-state index contributed by atoms with van der Waals surface area (Å²) in [6.45, 7) is 0.498. The minimum Gasteiger partial charge on any atom is -0.508 e. The number of nitrogens with zero attached hydrogens (tertiary/aromatic N) is 1. The number of carbonyl (C=O) groups excluding carboxylic acids is 1. The largest absolute Gasteiger partial charge is 0.508 e. The number of hydrogen-bond donors (Lipinski definition) is 1. The zero-order chi connectivity index (χ0) is 16.5. The van der Waals surface area contributed by atoms with Crippen molar-refractivity contribution in [1.29, 1.82) is 5.26 Å². The number of carbonyl (C=O) groups is 1. The average Bonchev–Trinajstić information content (AvgIpc) is 3.08. The van der Waals surface area contributed by atoms with E-state index in [0.717, 1.165) is 0 Å². The van der Waals surface area contributed by atoms with Crippen LogP contribution in [0.2, 0.25) is 0 Å². The highest BCUT2D eigenvalue weighted by atomic mass is 16.6. The van der Waals surface area contributed by atoms with Gasteiger partial charge in [0.15, 0.2) is 5.60 Å². The molecular formula is C17H15NO5. The van der Waals surface area contributed by atoms with E-state index in [2.05, 4.69) is 12.0 Å². The van der Waals surface area contributed by atoms with E-state index >= 15 is 0 Å². The first-order valence-corrected chi connectivity index (χ1v) is 7.20. The summed E-state index contributed by atoms with van der Waals surface area (Å²) in [5, 5.41) is 18.8. The first kappa shape index (κ1) is 15.4. The summed E-state index contributed by atoms with van der Waals surface area (Å²) >= 11 is 0. The summed E-state index contributed by atoms with van der Waals surface area (Å²) in [5.41, 5.74) is -2.04. The summed E-state index contributed by atoms with van der Waals surface area (Å²) in [4.78, 5) is 12.0. The Bertz CT molecular complexity index is 701.